The Hall–Kier alpha value is -2.07. The van der Waals surface area contributed by atoms with E-state index in [1.165, 1.54) is 12.3 Å². The molecule has 2 N–H and O–H groups in total. The standard InChI is InChI=1S/C20H23F2N5OS/c1-29(27(22)25-15-4-2-3-5-17(15)28)18-7-6-13(8-19(18)29)11-26-12-24-16-9-14(21)10-23-20(16)26/h6-10,12,15,17,25,28H,2-5,11H2,1H3. The van der Waals surface area contributed by atoms with E-state index in [0.717, 1.165) is 39.3 Å². The maximum absolute atomic E-state index is 15.1. The van der Waals surface area contributed by atoms with Crippen molar-refractivity contribution in [2.75, 3.05) is 6.26 Å². The van der Waals surface area contributed by atoms with E-state index in [2.05, 4.69) is 15.4 Å². The third-order valence-corrected chi connectivity index (χ3v) is 8.86. The number of rotatable bonds is 5. The van der Waals surface area contributed by atoms with Crippen LogP contribution in [0.1, 0.15) is 31.2 Å². The first-order valence-electron chi connectivity index (χ1n) is 9.75. The van der Waals surface area contributed by atoms with Crippen LogP contribution < -0.4 is 5.43 Å². The zero-order valence-electron chi connectivity index (χ0n) is 16.1. The molecule has 2 aromatic heterocycles. The Balaban J connectivity index is 1.33. The van der Waals surface area contributed by atoms with Crippen molar-refractivity contribution in [3.05, 3.63) is 48.2 Å². The number of hydrogen-bond acceptors (Lipinski definition) is 5. The van der Waals surface area contributed by atoms with Crippen molar-refractivity contribution in [1.29, 1.82) is 0 Å². The van der Waals surface area contributed by atoms with Gasteiger partial charge in [-0.25, -0.2) is 19.8 Å². The minimum Gasteiger partial charge on any atom is -0.391 e. The molecule has 9 heteroatoms. The molecule has 1 saturated carbocycles. The van der Waals surface area contributed by atoms with Gasteiger partial charge in [-0.1, -0.05) is 29.1 Å². The highest BCUT2D eigenvalue weighted by molar-refractivity contribution is 8.35. The number of hydrazine groups is 1. The maximum Gasteiger partial charge on any atom is 0.160 e. The van der Waals surface area contributed by atoms with Gasteiger partial charge < -0.3 is 9.67 Å². The minimum absolute atomic E-state index is 0.238. The number of halogens is 2. The lowest BCUT2D eigenvalue weighted by Gasteiger charge is -2.33. The first kappa shape index (κ1) is 18.9. The molecule has 3 atom stereocenters. The number of imidazole rings is 1. The molecule has 3 heterocycles. The fourth-order valence-corrected chi connectivity index (χ4v) is 6.67. The summed E-state index contributed by atoms with van der Waals surface area (Å²) in [7, 11) is -1.83. The molecule has 0 saturated heterocycles. The first-order chi connectivity index (χ1) is 14.0. The van der Waals surface area contributed by atoms with Crippen molar-refractivity contribution >= 4 is 21.4 Å². The number of nitrogens with one attached hydrogen (secondary N) is 1. The van der Waals surface area contributed by atoms with Gasteiger partial charge in [-0.2, -0.15) is 0 Å². The molecule has 3 aromatic rings. The van der Waals surface area contributed by atoms with E-state index < -0.39 is 22.1 Å². The van der Waals surface area contributed by atoms with Crippen molar-refractivity contribution in [3.63, 3.8) is 0 Å². The van der Waals surface area contributed by atoms with E-state index >= 15 is 4.48 Å². The molecule has 1 aliphatic heterocycles. The molecule has 1 fully saturated rings. The van der Waals surface area contributed by atoms with E-state index in [4.69, 9.17) is 0 Å². The lowest BCUT2D eigenvalue weighted by molar-refractivity contribution is 0.00580. The molecule has 5 rings (SSSR count). The lowest BCUT2D eigenvalue weighted by atomic mass is 9.93. The second kappa shape index (κ2) is 7.02. The number of hydrogen-bond donors (Lipinski definition) is 2. The van der Waals surface area contributed by atoms with Gasteiger partial charge in [-0.3, -0.25) is 0 Å². The van der Waals surface area contributed by atoms with Crippen molar-refractivity contribution in [1.82, 2.24) is 24.6 Å². The van der Waals surface area contributed by atoms with Gasteiger partial charge in [0.2, 0.25) is 0 Å². The van der Waals surface area contributed by atoms with Crippen LogP contribution in [-0.2, 0) is 6.54 Å². The molecule has 29 heavy (non-hydrogen) atoms. The molecule has 6 nitrogen and oxygen atoms in total. The van der Waals surface area contributed by atoms with Crippen LogP contribution in [0.25, 0.3) is 11.2 Å². The van der Waals surface area contributed by atoms with Crippen molar-refractivity contribution < 1.29 is 14.0 Å². The fourth-order valence-electron chi connectivity index (χ4n) is 4.13. The zero-order chi connectivity index (χ0) is 20.2. The number of nitrogens with zero attached hydrogens (tertiary/aromatic N) is 4. The van der Waals surface area contributed by atoms with Crippen molar-refractivity contribution in [3.8, 4) is 0 Å². The molecule has 154 valence electrons. The van der Waals surface area contributed by atoms with Crippen LogP contribution in [0.4, 0.5) is 8.87 Å². The number of aromatic nitrogens is 3. The summed E-state index contributed by atoms with van der Waals surface area (Å²) in [5.74, 6) is -0.412. The Morgan fingerprint density at radius 2 is 2.07 bits per heavy atom. The summed E-state index contributed by atoms with van der Waals surface area (Å²) in [6, 6.07) is 7.09. The predicted molar refractivity (Wildman–Crippen MR) is 107 cm³/mol. The summed E-state index contributed by atoms with van der Waals surface area (Å²) in [4.78, 5) is 10.3. The summed E-state index contributed by atoms with van der Waals surface area (Å²) in [6.45, 7) is 0.527. The Kier molecular flexibility index (Phi) is 4.58. The van der Waals surface area contributed by atoms with E-state index in [0.29, 0.717) is 24.1 Å². The first-order valence-corrected chi connectivity index (χ1v) is 11.7. The van der Waals surface area contributed by atoms with Gasteiger partial charge in [0.1, 0.15) is 11.3 Å². The summed E-state index contributed by atoms with van der Waals surface area (Å²) >= 11 is 0. The van der Waals surface area contributed by atoms with Crippen molar-refractivity contribution in [2.24, 2.45) is 0 Å². The minimum atomic E-state index is -1.83. The number of benzene rings is 1. The number of aliphatic hydroxyl groups excluding tert-OH is 1. The molecule has 0 radical (unpaired) electrons. The van der Waals surface area contributed by atoms with Crippen LogP contribution >= 0.6 is 10.2 Å². The average molecular weight is 420 g/mol. The average Bonchev–Trinajstić information content (AvgIpc) is 3.12. The second-order valence-corrected chi connectivity index (χ2v) is 10.8. The third kappa shape index (κ3) is 3.22. The number of fused-ring (bicyclic) bond motifs is 2. The summed E-state index contributed by atoms with van der Waals surface area (Å²) in [6.07, 6.45) is 7.72. The maximum atomic E-state index is 15.1. The Labute approximate surface area is 168 Å². The molecule has 0 spiro atoms. The van der Waals surface area contributed by atoms with Crippen LogP contribution in [0.2, 0.25) is 0 Å². The SMILES string of the molecule is CS1(N(F)NC2CCCCC2O)c2ccc(Cn3cnc4cc(F)cnc43)cc21. The second-order valence-electron chi connectivity index (χ2n) is 7.86. The molecule has 0 bridgehead atoms. The predicted octanol–water partition coefficient (Wildman–Crippen LogP) is 3.69. The zero-order valence-corrected chi connectivity index (χ0v) is 16.9. The van der Waals surface area contributed by atoms with Gasteiger partial charge in [0.15, 0.2) is 5.65 Å². The molecular weight excluding hydrogens is 396 g/mol. The lowest BCUT2D eigenvalue weighted by Crippen LogP contribution is -2.47. The van der Waals surface area contributed by atoms with E-state index in [-0.39, 0.29) is 6.04 Å². The van der Waals surface area contributed by atoms with Crippen LogP contribution in [0.3, 0.4) is 0 Å². The van der Waals surface area contributed by atoms with E-state index in [1.807, 2.05) is 29.0 Å². The van der Waals surface area contributed by atoms with Crippen LogP contribution in [-0.4, -0.2) is 42.7 Å². The van der Waals surface area contributed by atoms with Gasteiger partial charge in [0.05, 0.1) is 31.2 Å². The van der Waals surface area contributed by atoms with Gasteiger partial charge in [-0.15, -0.1) is 4.48 Å². The number of aliphatic hydroxyl groups is 1. The van der Waals surface area contributed by atoms with Crippen LogP contribution in [0.15, 0.2) is 46.6 Å². The van der Waals surface area contributed by atoms with E-state index in [1.54, 1.807) is 6.33 Å². The molecule has 0 amide bonds. The van der Waals surface area contributed by atoms with Crippen molar-refractivity contribution in [2.45, 2.75) is 54.2 Å². The highest BCUT2D eigenvalue weighted by Gasteiger charge is 2.48. The van der Waals surface area contributed by atoms with Gasteiger partial charge in [-0.05, 0) is 41.4 Å². The summed E-state index contributed by atoms with van der Waals surface area (Å²) < 4.78 is 31.0. The topological polar surface area (TPSA) is 66.2 Å². The molecule has 3 unspecified atom stereocenters. The summed E-state index contributed by atoms with van der Waals surface area (Å²) in [5, 5.41) is 10.1. The Morgan fingerprint density at radius 3 is 2.90 bits per heavy atom. The Bertz CT molecular complexity index is 1080. The largest absolute Gasteiger partial charge is 0.391 e. The molecule has 1 aliphatic carbocycles. The molecule has 1 aromatic carbocycles. The van der Waals surface area contributed by atoms with Gasteiger partial charge >= 0.3 is 0 Å². The smallest absolute Gasteiger partial charge is 0.160 e. The third-order valence-electron chi connectivity index (χ3n) is 5.92. The highest BCUT2D eigenvalue weighted by atomic mass is 32.3. The van der Waals surface area contributed by atoms with Gasteiger partial charge in [0, 0.05) is 15.9 Å². The Morgan fingerprint density at radius 1 is 1.24 bits per heavy atom. The van der Waals surface area contributed by atoms with E-state index in [9.17, 15) is 9.50 Å². The number of pyridine rings is 1. The van der Waals surface area contributed by atoms with Crippen LogP contribution in [0.5, 0.6) is 0 Å². The van der Waals surface area contributed by atoms with Gasteiger partial charge in [0.25, 0.3) is 0 Å². The normalized spacial score (nSPS) is 28.3. The fraction of sp³-hybridized carbons (Fsp3) is 0.400. The quantitative estimate of drug-likeness (QED) is 0.375. The molecular formula is C20H23F2N5OS. The summed E-state index contributed by atoms with van der Waals surface area (Å²) in [5.41, 5.74) is 5.04. The molecule has 2 aliphatic rings. The highest BCUT2D eigenvalue weighted by Crippen LogP contribution is 2.78. The van der Waals surface area contributed by atoms with Crippen LogP contribution in [0, 0.1) is 5.82 Å². The monoisotopic (exact) mass is 419 g/mol.